The maximum absolute atomic E-state index is 13.6. The van der Waals surface area contributed by atoms with Crippen molar-refractivity contribution in [2.24, 2.45) is 0 Å². The number of carbonyl (C=O) groups excluding carboxylic acids is 1. The molecule has 0 aliphatic heterocycles. The van der Waals surface area contributed by atoms with Crippen LogP contribution in [0.3, 0.4) is 0 Å². The Bertz CT molecular complexity index is 1140. The lowest BCUT2D eigenvalue weighted by molar-refractivity contribution is 0.0461. The van der Waals surface area contributed by atoms with Gasteiger partial charge >= 0.3 is 5.97 Å². The van der Waals surface area contributed by atoms with Crippen LogP contribution >= 0.6 is 15.9 Å². The van der Waals surface area contributed by atoms with Gasteiger partial charge in [0.05, 0.1) is 5.52 Å². The lowest BCUT2D eigenvalue weighted by Gasteiger charge is -2.11. The number of halogens is 2. The molecule has 0 fully saturated rings. The van der Waals surface area contributed by atoms with Crippen molar-refractivity contribution in [3.63, 3.8) is 0 Å². The largest absolute Gasteiger partial charge is 0.456 e. The molecule has 0 radical (unpaired) electrons. The molecule has 0 spiro atoms. The van der Waals surface area contributed by atoms with Crippen molar-refractivity contribution in [2.75, 3.05) is 0 Å². The van der Waals surface area contributed by atoms with Crippen LogP contribution in [0.2, 0.25) is 0 Å². The van der Waals surface area contributed by atoms with Crippen LogP contribution in [-0.2, 0) is 17.9 Å². The van der Waals surface area contributed by atoms with Crippen molar-refractivity contribution < 1.29 is 13.9 Å². The summed E-state index contributed by atoms with van der Waals surface area (Å²) in [6.07, 6.45) is 0. The highest BCUT2D eigenvalue weighted by Gasteiger charge is 2.18. The second-order valence-electron chi connectivity index (χ2n) is 6.48. The zero-order valence-electron chi connectivity index (χ0n) is 14.9. The van der Waals surface area contributed by atoms with E-state index in [2.05, 4.69) is 15.9 Å². The lowest BCUT2D eigenvalue weighted by atomic mass is 10.2. The highest BCUT2D eigenvalue weighted by Crippen LogP contribution is 2.29. The van der Waals surface area contributed by atoms with Crippen molar-refractivity contribution in [3.8, 4) is 0 Å². The van der Waals surface area contributed by atoms with Crippen LogP contribution in [0.5, 0.6) is 0 Å². The summed E-state index contributed by atoms with van der Waals surface area (Å²) >= 11 is 3.54. The molecule has 28 heavy (non-hydrogen) atoms. The number of hydrogen-bond donors (Lipinski definition) is 0. The van der Waals surface area contributed by atoms with E-state index in [9.17, 15) is 9.18 Å². The number of hydrogen-bond acceptors (Lipinski definition) is 2. The van der Waals surface area contributed by atoms with E-state index in [-0.39, 0.29) is 12.4 Å². The van der Waals surface area contributed by atoms with Gasteiger partial charge in [-0.3, -0.25) is 0 Å². The number of nitrogens with zero attached hydrogens (tertiary/aromatic N) is 1. The Morgan fingerprint density at radius 1 is 0.929 bits per heavy atom. The highest BCUT2D eigenvalue weighted by molar-refractivity contribution is 9.10. The third-order valence-electron chi connectivity index (χ3n) is 4.54. The van der Waals surface area contributed by atoms with E-state index in [1.165, 1.54) is 12.1 Å². The molecule has 0 unspecified atom stereocenters. The molecule has 3 aromatic carbocycles. The van der Waals surface area contributed by atoms with Crippen LogP contribution in [0, 0.1) is 5.82 Å². The smallest absolute Gasteiger partial charge is 0.355 e. The van der Waals surface area contributed by atoms with Gasteiger partial charge < -0.3 is 9.30 Å². The molecule has 3 nitrogen and oxygen atoms in total. The van der Waals surface area contributed by atoms with E-state index < -0.39 is 5.97 Å². The van der Waals surface area contributed by atoms with Crippen molar-refractivity contribution in [2.45, 2.75) is 13.2 Å². The molecule has 4 rings (SSSR count). The molecule has 0 aliphatic rings. The van der Waals surface area contributed by atoms with Gasteiger partial charge in [0.1, 0.15) is 18.1 Å². The molecule has 4 aromatic rings. The first kappa shape index (κ1) is 18.4. The molecule has 0 atom stereocenters. The van der Waals surface area contributed by atoms with E-state index in [1.54, 1.807) is 6.07 Å². The minimum Gasteiger partial charge on any atom is -0.456 e. The van der Waals surface area contributed by atoms with Gasteiger partial charge in [-0.1, -0.05) is 64.5 Å². The highest BCUT2D eigenvalue weighted by atomic mass is 79.9. The first-order chi connectivity index (χ1) is 13.6. The summed E-state index contributed by atoms with van der Waals surface area (Å²) in [5.41, 5.74) is 3.01. The molecule has 1 heterocycles. The predicted octanol–water partition coefficient (Wildman–Crippen LogP) is 5.95. The molecular weight excluding hydrogens is 421 g/mol. The standard InChI is InChI=1S/C23H17BrFNO2/c24-20-10-5-11-21-19(20)13-22(23(27)28-15-16-6-2-1-3-7-16)26(21)14-17-8-4-9-18(25)12-17/h1-13H,14-15H2. The Kier molecular flexibility index (Phi) is 5.26. The van der Waals surface area contributed by atoms with Crippen LogP contribution < -0.4 is 0 Å². The van der Waals surface area contributed by atoms with Crippen LogP contribution in [0.25, 0.3) is 10.9 Å². The number of fused-ring (bicyclic) bond motifs is 1. The minimum atomic E-state index is -0.414. The van der Waals surface area contributed by atoms with E-state index in [0.29, 0.717) is 12.2 Å². The van der Waals surface area contributed by atoms with Crippen molar-refractivity contribution in [3.05, 3.63) is 106 Å². The Morgan fingerprint density at radius 2 is 1.68 bits per heavy atom. The molecule has 0 saturated carbocycles. The maximum atomic E-state index is 13.6. The van der Waals surface area contributed by atoms with Crippen LogP contribution in [0.1, 0.15) is 21.6 Å². The van der Waals surface area contributed by atoms with Gasteiger partial charge in [0.15, 0.2) is 0 Å². The van der Waals surface area contributed by atoms with Gasteiger partial charge in [-0.05, 0) is 41.5 Å². The normalized spacial score (nSPS) is 10.9. The number of esters is 1. The van der Waals surface area contributed by atoms with Crippen LogP contribution in [0.15, 0.2) is 83.3 Å². The molecular formula is C23H17BrFNO2. The number of ether oxygens (including phenoxy) is 1. The quantitative estimate of drug-likeness (QED) is 0.361. The summed E-state index contributed by atoms with van der Waals surface area (Å²) in [5.74, 6) is -0.716. The Balaban J connectivity index is 1.70. The van der Waals surface area contributed by atoms with Gasteiger partial charge in [-0.15, -0.1) is 0 Å². The van der Waals surface area contributed by atoms with E-state index in [1.807, 2.05) is 65.2 Å². The topological polar surface area (TPSA) is 31.2 Å². The second kappa shape index (κ2) is 7.98. The summed E-state index contributed by atoms with van der Waals surface area (Å²) in [6, 6.07) is 23.5. The van der Waals surface area contributed by atoms with E-state index >= 15 is 0 Å². The molecule has 0 amide bonds. The second-order valence-corrected chi connectivity index (χ2v) is 7.33. The van der Waals surface area contributed by atoms with Crippen molar-refractivity contribution in [1.29, 1.82) is 0 Å². The summed E-state index contributed by atoms with van der Waals surface area (Å²) < 4.78 is 21.9. The summed E-state index contributed by atoms with van der Waals surface area (Å²) in [7, 11) is 0. The summed E-state index contributed by atoms with van der Waals surface area (Å²) in [6.45, 7) is 0.565. The van der Waals surface area contributed by atoms with Crippen molar-refractivity contribution in [1.82, 2.24) is 4.57 Å². The lowest BCUT2D eigenvalue weighted by Crippen LogP contribution is -2.13. The summed E-state index contributed by atoms with van der Waals surface area (Å²) in [5, 5.41) is 0.908. The zero-order chi connectivity index (χ0) is 19.5. The van der Waals surface area contributed by atoms with Crippen LogP contribution in [0.4, 0.5) is 4.39 Å². The minimum absolute atomic E-state index is 0.197. The Labute approximate surface area is 170 Å². The first-order valence-electron chi connectivity index (χ1n) is 8.85. The van der Waals surface area contributed by atoms with Crippen LogP contribution in [-0.4, -0.2) is 10.5 Å². The molecule has 5 heteroatoms. The average Bonchev–Trinajstić information content (AvgIpc) is 3.07. The SMILES string of the molecule is O=C(OCc1ccccc1)c1cc2c(Br)cccc2n1Cc1cccc(F)c1. The number of carbonyl (C=O) groups is 1. The molecule has 140 valence electrons. The molecule has 0 bridgehead atoms. The Hall–Kier alpha value is -2.92. The number of aromatic nitrogens is 1. The summed E-state index contributed by atoms with van der Waals surface area (Å²) in [4.78, 5) is 12.8. The fourth-order valence-corrected chi connectivity index (χ4v) is 3.67. The molecule has 0 N–H and O–H groups in total. The van der Waals surface area contributed by atoms with Gasteiger partial charge in [0.25, 0.3) is 0 Å². The van der Waals surface area contributed by atoms with E-state index in [4.69, 9.17) is 4.74 Å². The van der Waals surface area contributed by atoms with E-state index in [0.717, 1.165) is 26.5 Å². The third-order valence-corrected chi connectivity index (χ3v) is 5.24. The average molecular weight is 438 g/mol. The molecule has 0 saturated heterocycles. The van der Waals surface area contributed by atoms with Gasteiger partial charge in [0, 0.05) is 16.4 Å². The first-order valence-corrected chi connectivity index (χ1v) is 9.64. The van der Waals surface area contributed by atoms with Gasteiger partial charge in [0.2, 0.25) is 0 Å². The third kappa shape index (κ3) is 3.85. The maximum Gasteiger partial charge on any atom is 0.355 e. The fourth-order valence-electron chi connectivity index (χ4n) is 3.20. The zero-order valence-corrected chi connectivity index (χ0v) is 16.5. The van der Waals surface area contributed by atoms with Gasteiger partial charge in [-0.25, -0.2) is 9.18 Å². The number of rotatable bonds is 5. The molecule has 1 aromatic heterocycles. The van der Waals surface area contributed by atoms with Gasteiger partial charge in [-0.2, -0.15) is 0 Å². The molecule has 0 aliphatic carbocycles. The van der Waals surface area contributed by atoms with Crippen molar-refractivity contribution >= 4 is 32.8 Å². The predicted molar refractivity (Wildman–Crippen MR) is 111 cm³/mol. The monoisotopic (exact) mass is 437 g/mol. The Morgan fingerprint density at radius 3 is 2.46 bits per heavy atom. The number of benzene rings is 3. The fraction of sp³-hybridized carbons (Fsp3) is 0.0870.